The summed E-state index contributed by atoms with van der Waals surface area (Å²) in [6, 6.07) is 9.76. The predicted molar refractivity (Wildman–Crippen MR) is 96.2 cm³/mol. The third-order valence-corrected chi connectivity index (χ3v) is 4.84. The average Bonchev–Trinajstić information content (AvgIpc) is 3.30. The van der Waals surface area contributed by atoms with Gasteiger partial charge in [0, 0.05) is 34.2 Å². The zero-order valence-electron chi connectivity index (χ0n) is 13.3. The first-order valence-corrected chi connectivity index (χ1v) is 8.83. The molecule has 0 unspecified atom stereocenters. The topological polar surface area (TPSA) is 55.1 Å². The predicted octanol–water partition coefficient (Wildman–Crippen LogP) is 4.38. The van der Waals surface area contributed by atoms with Gasteiger partial charge in [0.15, 0.2) is 11.3 Å². The highest BCUT2D eigenvalue weighted by atomic mass is 79.9. The van der Waals surface area contributed by atoms with Crippen molar-refractivity contribution in [1.29, 1.82) is 0 Å². The molecule has 0 bridgehead atoms. The molecule has 5 heteroatoms. The minimum atomic E-state index is -0.112. The second-order valence-corrected chi connectivity index (χ2v) is 7.13. The highest BCUT2D eigenvalue weighted by Crippen LogP contribution is 2.28. The largest absolute Gasteiger partial charge is 0.451 e. The number of fused-ring (bicyclic) bond motifs is 1. The van der Waals surface area contributed by atoms with E-state index >= 15 is 0 Å². The van der Waals surface area contributed by atoms with E-state index in [0.29, 0.717) is 22.9 Å². The number of carbonyl (C=O) groups is 1. The summed E-state index contributed by atoms with van der Waals surface area (Å²) in [5.74, 6) is 0.246. The van der Waals surface area contributed by atoms with Crippen LogP contribution in [0.25, 0.3) is 11.0 Å². The number of hydrogen-bond donors (Lipinski definition) is 1. The molecule has 0 radical (unpaired) electrons. The molecule has 0 atom stereocenters. The van der Waals surface area contributed by atoms with E-state index in [1.807, 2.05) is 31.3 Å². The summed E-state index contributed by atoms with van der Waals surface area (Å²) in [4.78, 5) is 17.1. The number of nitrogens with zero attached hydrogens (tertiary/aromatic N) is 1. The van der Waals surface area contributed by atoms with Crippen molar-refractivity contribution in [2.75, 3.05) is 0 Å². The van der Waals surface area contributed by atoms with Crippen molar-refractivity contribution in [2.24, 2.45) is 0 Å². The monoisotopic (exact) mass is 384 g/mol. The maximum Gasteiger partial charge on any atom is 0.228 e. The molecular formula is C19H17BrN2O2. The van der Waals surface area contributed by atoms with Crippen LogP contribution in [-0.4, -0.2) is 16.8 Å². The summed E-state index contributed by atoms with van der Waals surface area (Å²) >= 11 is 3.38. The van der Waals surface area contributed by atoms with Gasteiger partial charge in [-0.05, 0) is 55.7 Å². The molecule has 122 valence electrons. The molecule has 1 aliphatic rings. The summed E-state index contributed by atoms with van der Waals surface area (Å²) in [6.45, 7) is 2.65. The van der Waals surface area contributed by atoms with Crippen LogP contribution in [0.15, 0.2) is 45.4 Å². The average molecular weight is 385 g/mol. The van der Waals surface area contributed by atoms with Crippen molar-refractivity contribution >= 4 is 32.7 Å². The van der Waals surface area contributed by atoms with Gasteiger partial charge in [0.25, 0.3) is 0 Å². The van der Waals surface area contributed by atoms with Crippen LogP contribution < -0.4 is 5.32 Å². The number of rotatable bonds is 5. The second kappa shape index (κ2) is 6.15. The minimum absolute atomic E-state index is 0.112. The lowest BCUT2D eigenvalue weighted by Crippen LogP contribution is -2.15. The van der Waals surface area contributed by atoms with Crippen LogP contribution in [0.2, 0.25) is 0 Å². The number of ketones is 1. The van der Waals surface area contributed by atoms with Crippen LogP contribution in [0.4, 0.5) is 0 Å². The number of nitrogens with one attached hydrogen (secondary N) is 1. The maximum atomic E-state index is 12.7. The fraction of sp³-hybridized carbons (Fsp3) is 0.263. The van der Waals surface area contributed by atoms with Crippen LogP contribution in [0.1, 0.15) is 40.2 Å². The Morgan fingerprint density at radius 1 is 1.33 bits per heavy atom. The molecule has 4 nitrogen and oxygen atoms in total. The van der Waals surface area contributed by atoms with E-state index in [4.69, 9.17) is 4.42 Å². The highest BCUT2D eigenvalue weighted by Gasteiger charge is 2.22. The number of furan rings is 1. The number of carbonyl (C=O) groups excluding carboxylic acids is 1. The first-order valence-electron chi connectivity index (χ1n) is 8.03. The number of aromatic nitrogens is 1. The summed E-state index contributed by atoms with van der Waals surface area (Å²) in [5, 5.41) is 4.46. The quantitative estimate of drug-likeness (QED) is 0.663. The lowest BCUT2D eigenvalue weighted by molar-refractivity contribution is 0.101. The second-order valence-electron chi connectivity index (χ2n) is 6.21. The SMILES string of the molecule is Cc1ncc(CNC2CC2)c2cc(C(=O)c3ccc(Br)cc3)oc12. The van der Waals surface area contributed by atoms with Gasteiger partial charge in [-0.2, -0.15) is 0 Å². The van der Waals surface area contributed by atoms with Gasteiger partial charge < -0.3 is 9.73 Å². The number of aryl methyl sites for hydroxylation is 1. The molecule has 1 saturated carbocycles. The smallest absolute Gasteiger partial charge is 0.228 e. The van der Waals surface area contributed by atoms with Gasteiger partial charge in [-0.15, -0.1) is 0 Å². The van der Waals surface area contributed by atoms with Crippen molar-refractivity contribution in [1.82, 2.24) is 10.3 Å². The fourth-order valence-electron chi connectivity index (χ4n) is 2.74. The van der Waals surface area contributed by atoms with E-state index in [9.17, 15) is 4.79 Å². The Morgan fingerprint density at radius 3 is 2.79 bits per heavy atom. The van der Waals surface area contributed by atoms with Crippen molar-refractivity contribution < 1.29 is 9.21 Å². The van der Waals surface area contributed by atoms with Crippen molar-refractivity contribution in [3.63, 3.8) is 0 Å². The molecule has 2 heterocycles. The first kappa shape index (κ1) is 15.5. The van der Waals surface area contributed by atoms with Crippen LogP contribution in [0.5, 0.6) is 0 Å². The van der Waals surface area contributed by atoms with Gasteiger partial charge in [0.2, 0.25) is 5.78 Å². The Balaban J connectivity index is 1.70. The van der Waals surface area contributed by atoms with Crippen molar-refractivity contribution in [3.8, 4) is 0 Å². The summed E-state index contributed by atoms with van der Waals surface area (Å²) in [6.07, 6.45) is 4.35. The minimum Gasteiger partial charge on any atom is -0.451 e. The number of pyridine rings is 1. The maximum absolute atomic E-state index is 12.7. The third-order valence-electron chi connectivity index (χ3n) is 4.31. The van der Waals surface area contributed by atoms with Crippen molar-refractivity contribution in [3.05, 3.63) is 63.6 Å². The van der Waals surface area contributed by atoms with E-state index in [0.717, 1.165) is 27.7 Å². The normalized spacial score (nSPS) is 14.2. The Hall–Kier alpha value is -1.98. The molecule has 3 aromatic rings. The highest BCUT2D eigenvalue weighted by molar-refractivity contribution is 9.10. The molecule has 0 spiro atoms. The summed E-state index contributed by atoms with van der Waals surface area (Å²) in [5.41, 5.74) is 3.18. The van der Waals surface area contributed by atoms with Gasteiger partial charge in [0.1, 0.15) is 0 Å². The lowest BCUT2D eigenvalue weighted by Gasteiger charge is -2.04. The molecule has 1 aliphatic carbocycles. The van der Waals surface area contributed by atoms with Crippen molar-refractivity contribution in [2.45, 2.75) is 32.4 Å². The summed E-state index contributed by atoms with van der Waals surface area (Å²) in [7, 11) is 0. The Morgan fingerprint density at radius 2 is 2.08 bits per heavy atom. The molecule has 1 fully saturated rings. The number of hydrogen-bond acceptors (Lipinski definition) is 4. The third kappa shape index (κ3) is 3.01. The van der Waals surface area contributed by atoms with E-state index < -0.39 is 0 Å². The fourth-order valence-corrected chi connectivity index (χ4v) is 3.00. The summed E-state index contributed by atoms with van der Waals surface area (Å²) < 4.78 is 6.80. The molecule has 1 N–H and O–H groups in total. The van der Waals surface area contributed by atoms with Crippen LogP contribution in [-0.2, 0) is 6.54 Å². The van der Waals surface area contributed by atoms with E-state index in [1.54, 1.807) is 12.1 Å². The Kier molecular flexibility index (Phi) is 3.98. The lowest BCUT2D eigenvalue weighted by atomic mass is 10.1. The number of halogens is 1. The van der Waals surface area contributed by atoms with Gasteiger partial charge in [0.05, 0.1) is 5.69 Å². The molecular weight excluding hydrogens is 368 g/mol. The zero-order valence-corrected chi connectivity index (χ0v) is 14.9. The standard InChI is InChI=1S/C19H17BrN2O2/c1-11-19-16(13(9-21-11)10-22-15-6-7-15)8-17(24-19)18(23)12-2-4-14(20)5-3-12/h2-5,8-9,15,22H,6-7,10H2,1H3. The van der Waals surface area contributed by atoms with Gasteiger partial charge >= 0.3 is 0 Å². The van der Waals surface area contributed by atoms with Gasteiger partial charge in [-0.1, -0.05) is 15.9 Å². The molecule has 24 heavy (non-hydrogen) atoms. The van der Waals surface area contributed by atoms with Crippen LogP contribution in [0.3, 0.4) is 0 Å². The van der Waals surface area contributed by atoms with Crippen LogP contribution in [0, 0.1) is 6.92 Å². The van der Waals surface area contributed by atoms with E-state index in [2.05, 4.69) is 26.2 Å². The molecule has 1 aromatic carbocycles. The Labute approximate surface area is 148 Å². The number of benzene rings is 1. The first-order chi connectivity index (χ1) is 11.6. The van der Waals surface area contributed by atoms with E-state index in [-0.39, 0.29) is 5.78 Å². The Bertz CT molecular complexity index is 911. The molecule has 0 aliphatic heterocycles. The van der Waals surface area contributed by atoms with E-state index in [1.165, 1.54) is 12.8 Å². The zero-order chi connectivity index (χ0) is 16.7. The van der Waals surface area contributed by atoms with Gasteiger partial charge in [-0.25, -0.2) is 0 Å². The molecule has 2 aromatic heterocycles. The molecule has 4 rings (SSSR count). The van der Waals surface area contributed by atoms with Crippen LogP contribution >= 0.6 is 15.9 Å². The molecule has 0 saturated heterocycles. The van der Waals surface area contributed by atoms with Gasteiger partial charge in [-0.3, -0.25) is 9.78 Å². The molecule has 0 amide bonds.